The lowest BCUT2D eigenvalue weighted by molar-refractivity contribution is -0.132. The predicted octanol–water partition coefficient (Wildman–Crippen LogP) is 2.69. The van der Waals surface area contributed by atoms with Crippen molar-refractivity contribution in [3.05, 3.63) is 23.3 Å². The van der Waals surface area contributed by atoms with Gasteiger partial charge in [0.25, 0.3) is 0 Å². The number of imide groups is 1. The van der Waals surface area contributed by atoms with Crippen molar-refractivity contribution in [2.24, 2.45) is 5.41 Å². The van der Waals surface area contributed by atoms with Crippen LogP contribution in [-0.2, 0) is 9.59 Å². The first-order valence-corrected chi connectivity index (χ1v) is 6.37. The number of phenolic OH excluding ortho intramolecular Hbond substituents is 1. The molecule has 1 aromatic rings. The van der Waals surface area contributed by atoms with Crippen molar-refractivity contribution in [1.29, 1.82) is 0 Å². The van der Waals surface area contributed by atoms with Gasteiger partial charge in [0.15, 0.2) is 0 Å². The molecule has 0 aliphatic carbocycles. The summed E-state index contributed by atoms with van der Waals surface area (Å²) in [5.74, 6) is -0.164. The maximum atomic E-state index is 12.2. The van der Waals surface area contributed by atoms with Gasteiger partial charge in [0.2, 0.25) is 11.8 Å². The number of amides is 2. The van der Waals surface area contributed by atoms with Crippen molar-refractivity contribution in [1.82, 2.24) is 0 Å². The van der Waals surface area contributed by atoms with E-state index < -0.39 is 0 Å². The van der Waals surface area contributed by atoms with Gasteiger partial charge in [-0.1, -0.05) is 13.8 Å². The van der Waals surface area contributed by atoms with Gasteiger partial charge in [0.1, 0.15) is 5.75 Å². The number of aromatic hydroxyl groups is 1. The van der Waals surface area contributed by atoms with E-state index in [9.17, 15) is 14.7 Å². The van der Waals surface area contributed by atoms with Gasteiger partial charge < -0.3 is 5.11 Å². The standard InChI is InChI=1S/C15H19NO3/c1-9-6-12(17)10(2)5-11(9)16-13(18)7-15(3,4)8-14(16)19/h5-6,17H,7-8H2,1-4H3. The number of anilines is 1. The third-order valence-corrected chi connectivity index (χ3v) is 3.51. The molecular weight excluding hydrogens is 242 g/mol. The van der Waals surface area contributed by atoms with Crippen LogP contribution in [0.15, 0.2) is 12.1 Å². The molecule has 2 amide bonds. The van der Waals surface area contributed by atoms with Gasteiger partial charge in [0, 0.05) is 12.8 Å². The summed E-state index contributed by atoms with van der Waals surface area (Å²) in [6.07, 6.45) is 0.718. The molecule has 2 rings (SSSR count). The molecule has 1 aromatic carbocycles. The first kappa shape index (κ1) is 13.6. The molecule has 1 fully saturated rings. The largest absolute Gasteiger partial charge is 0.508 e. The number of hydrogen-bond donors (Lipinski definition) is 1. The van der Waals surface area contributed by atoms with Crippen LogP contribution in [0.3, 0.4) is 0 Å². The minimum Gasteiger partial charge on any atom is -0.508 e. The molecule has 1 N–H and O–H groups in total. The normalized spacial score (nSPS) is 18.8. The number of rotatable bonds is 1. The number of carbonyl (C=O) groups is 2. The second kappa shape index (κ2) is 4.37. The SMILES string of the molecule is Cc1cc(N2C(=O)CC(C)(C)CC2=O)c(C)cc1O. The van der Waals surface area contributed by atoms with Crippen molar-refractivity contribution in [2.75, 3.05) is 4.90 Å². The number of piperidine rings is 1. The van der Waals surface area contributed by atoms with Crippen LogP contribution >= 0.6 is 0 Å². The quantitative estimate of drug-likeness (QED) is 0.791. The van der Waals surface area contributed by atoms with E-state index in [1.807, 2.05) is 13.8 Å². The topological polar surface area (TPSA) is 57.6 Å². The van der Waals surface area contributed by atoms with Gasteiger partial charge in [-0.25, -0.2) is 0 Å². The Morgan fingerprint density at radius 3 is 2.11 bits per heavy atom. The zero-order valence-corrected chi connectivity index (χ0v) is 11.8. The molecule has 0 unspecified atom stereocenters. The Hall–Kier alpha value is -1.84. The molecule has 0 spiro atoms. The van der Waals surface area contributed by atoms with Crippen molar-refractivity contribution in [2.45, 2.75) is 40.5 Å². The average molecular weight is 261 g/mol. The summed E-state index contributed by atoms with van der Waals surface area (Å²) in [6, 6.07) is 3.28. The third kappa shape index (κ3) is 2.48. The predicted molar refractivity (Wildman–Crippen MR) is 73.1 cm³/mol. The van der Waals surface area contributed by atoms with Crippen molar-refractivity contribution < 1.29 is 14.7 Å². The molecule has 0 atom stereocenters. The van der Waals surface area contributed by atoms with E-state index in [0.717, 1.165) is 5.56 Å². The van der Waals surface area contributed by atoms with Crippen molar-refractivity contribution in [3.63, 3.8) is 0 Å². The van der Waals surface area contributed by atoms with Crippen LogP contribution in [-0.4, -0.2) is 16.9 Å². The zero-order chi connectivity index (χ0) is 14.4. The van der Waals surface area contributed by atoms with E-state index in [-0.39, 0.29) is 23.0 Å². The molecule has 0 aromatic heterocycles. The lowest BCUT2D eigenvalue weighted by atomic mass is 9.81. The van der Waals surface area contributed by atoms with Crippen LogP contribution in [0.2, 0.25) is 0 Å². The van der Waals surface area contributed by atoms with Crippen molar-refractivity contribution in [3.8, 4) is 5.75 Å². The molecule has 0 bridgehead atoms. The van der Waals surface area contributed by atoms with Gasteiger partial charge in [0.05, 0.1) is 5.69 Å². The molecule has 1 aliphatic heterocycles. The first-order valence-electron chi connectivity index (χ1n) is 6.37. The fraction of sp³-hybridized carbons (Fsp3) is 0.467. The highest BCUT2D eigenvalue weighted by atomic mass is 16.3. The van der Waals surface area contributed by atoms with Crippen LogP contribution in [0.4, 0.5) is 5.69 Å². The second-order valence-corrected chi connectivity index (χ2v) is 6.07. The lowest BCUT2D eigenvalue weighted by Crippen LogP contribution is -2.46. The molecule has 4 heteroatoms. The van der Waals surface area contributed by atoms with Gasteiger partial charge in [-0.05, 0) is 42.5 Å². The van der Waals surface area contributed by atoms with Crippen LogP contribution < -0.4 is 4.90 Å². The number of aryl methyl sites for hydroxylation is 2. The lowest BCUT2D eigenvalue weighted by Gasteiger charge is -2.35. The van der Waals surface area contributed by atoms with Crippen LogP contribution in [0.5, 0.6) is 5.75 Å². The van der Waals surface area contributed by atoms with Crippen LogP contribution in [0, 0.1) is 19.3 Å². The van der Waals surface area contributed by atoms with E-state index in [0.29, 0.717) is 24.1 Å². The van der Waals surface area contributed by atoms with E-state index in [1.165, 1.54) is 4.90 Å². The zero-order valence-electron chi connectivity index (χ0n) is 11.8. The Morgan fingerprint density at radius 1 is 1.05 bits per heavy atom. The fourth-order valence-corrected chi connectivity index (χ4v) is 2.47. The van der Waals surface area contributed by atoms with Gasteiger partial charge in [-0.3, -0.25) is 14.5 Å². The molecule has 1 aliphatic rings. The van der Waals surface area contributed by atoms with Gasteiger partial charge >= 0.3 is 0 Å². The molecule has 19 heavy (non-hydrogen) atoms. The van der Waals surface area contributed by atoms with Gasteiger partial charge in [-0.15, -0.1) is 0 Å². The molecule has 4 nitrogen and oxygen atoms in total. The highest BCUT2D eigenvalue weighted by Crippen LogP contribution is 2.36. The molecule has 0 radical (unpaired) electrons. The second-order valence-electron chi connectivity index (χ2n) is 6.07. The summed E-state index contributed by atoms with van der Waals surface area (Å²) in [6.45, 7) is 7.39. The van der Waals surface area contributed by atoms with Crippen LogP contribution in [0.1, 0.15) is 37.8 Å². The summed E-state index contributed by atoms with van der Waals surface area (Å²) in [4.78, 5) is 25.7. The average Bonchev–Trinajstić information content (AvgIpc) is 2.22. The van der Waals surface area contributed by atoms with E-state index >= 15 is 0 Å². The molecule has 1 saturated heterocycles. The molecule has 102 valence electrons. The monoisotopic (exact) mass is 261 g/mol. The fourth-order valence-electron chi connectivity index (χ4n) is 2.47. The Bertz CT molecular complexity index is 541. The Labute approximate surface area is 113 Å². The number of hydrogen-bond acceptors (Lipinski definition) is 3. The van der Waals surface area contributed by atoms with E-state index in [4.69, 9.17) is 0 Å². The summed E-state index contributed by atoms with van der Waals surface area (Å²) in [5.41, 5.74) is 1.70. The highest BCUT2D eigenvalue weighted by Gasteiger charge is 2.38. The summed E-state index contributed by atoms with van der Waals surface area (Å²) in [7, 11) is 0. The van der Waals surface area contributed by atoms with E-state index in [1.54, 1.807) is 26.0 Å². The maximum Gasteiger partial charge on any atom is 0.234 e. The number of phenols is 1. The highest BCUT2D eigenvalue weighted by molar-refractivity contribution is 6.17. The number of carbonyl (C=O) groups excluding carboxylic acids is 2. The van der Waals surface area contributed by atoms with Crippen molar-refractivity contribution >= 4 is 17.5 Å². The Kier molecular flexibility index (Phi) is 3.12. The van der Waals surface area contributed by atoms with E-state index in [2.05, 4.69) is 0 Å². The molecular formula is C15H19NO3. The molecule has 1 heterocycles. The Balaban J connectivity index is 2.45. The number of nitrogens with zero attached hydrogens (tertiary/aromatic N) is 1. The first-order chi connectivity index (χ1) is 8.71. The maximum absolute atomic E-state index is 12.2. The summed E-state index contributed by atoms with van der Waals surface area (Å²) in [5, 5.41) is 9.65. The third-order valence-electron chi connectivity index (χ3n) is 3.51. The molecule has 0 saturated carbocycles. The smallest absolute Gasteiger partial charge is 0.234 e. The number of benzene rings is 1. The summed E-state index contributed by atoms with van der Waals surface area (Å²) < 4.78 is 0. The summed E-state index contributed by atoms with van der Waals surface area (Å²) >= 11 is 0. The Morgan fingerprint density at radius 2 is 1.58 bits per heavy atom. The minimum absolute atomic E-state index is 0.172. The van der Waals surface area contributed by atoms with Gasteiger partial charge in [-0.2, -0.15) is 0 Å². The minimum atomic E-state index is -0.273. The van der Waals surface area contributed by atoms with Crippen LogP contribution in [0.25, 0.3) is 0 Å².